The van der Waals surface area contributed by atoms with Crippen molar-refractivity contribution < 1.29 is 4.74 Å². The van der Waals surface area contributed by atoms with Gasteiger partial charge in [0.05, 0.1) is 5.02 Å². The highest BCUT2D eigenvalue weighted by Gasteiger charge is 2.04. The summed E-state index contributed by atoms with van der Waals surface area (Å²) < 4.78 is 6.53. The van der Waals surface area contributed by atoms with Gasteiger partial charge in [-0.3, -0.25) is 0 Å². The van der Waals surface area contributed by atoms with E-state index in [1.165, 1.54) is 0 Å². The largest absolute Gasteiger partial charge is 0.456 e. The van der Waals surface area contributed by atoms with Crippen LogP contribution >= 0.6 is 27.5 Å². The van der Waals surface area contributed by atoms with Gasteiger partial charge in [0.15, 0.2) is 0 Å². The van der Waals surface area contributed by atoms with Crippen molar-refractivity contribution in [3.63, 3.8) is 0 Å². The van der Waals surface area contributed by atoms with Crippen LogP contribution in [0.5, 0.6) is 11.5 Å². The van der Waals surface area contributed by atoms with Crippen molar-refractivity contribution in [2.45, 2.75) is 0 Å². The van der Waals surface area contributed by atoms with Crippen molar-refractivity contribution in [3.8, 4) is 11.5 Å². The van der Waals surface area contributed by atoms with Gasteiger partial charge in [0, 0.05) is 16.7 Å². The standard InChI is InChI=1S/C11H9BrClN3O/c12-7-1-2-9(13)10(5-7)17-8-3-4-15-11(6-8)16-14/h1-6H,14H2,(H,15,16). The molecule has 1 aromatic carbocycles. The van der Waals surface area contributed by atoms with Gasteiger partial charge in [-0.25, -0.2) is 10.8 Å². The lowest BCUT2D eigenvalue weighted by atomic mass is 10.3. The van der Waals surface area contributed by atoms with Gasteiger partial charge >= 0.3 is 0 Å². The molecule has 0 bridgehead atoms. The highest BCUT2D eigenvalue weighted by atomic mass is 79.9. The number of aromatic nitrogens is 1. The van der Waals surface area contributed by atoms with Gasteiger partial charge in [-0.1, -0.05) is 27.5 Å². The molecule has 0 saturated carbocycles. The Morgan fingerprint density at radius 2 is 2.12 bits per heavy atom. The van der Waals surface area contributed by atoms with Gasteiger partial charge < -0.3 is 10.2 Å². The quantitative estimate of drug-likeness (QED) is 0.671. The number of benzene rings is 1. The summed E-state index contributed by atoms with van der Waals surface area (Å²) in [6, 6.07) is 8.78. The second-order valence-electron chi connectivity index (χ2n) is 3.20. The van der Waals surface area contributed by atoms with Gasteiger partial charge in [0.2, 0.25) is 0 Å². The first-order valence-electron chi connectivity index (χ1n) is 4.74. The molecule has 6 heteroatoms. The Morgan fingerprint density at radius 3 is 2.88 bits per heavy atom. The number of nitrogens with two attached hydrogens (primary N) is 1. The third-order valence-corrected chi connectivity index (χ3v) is 2.81. The molecule has 0 amide bonds. The van der Waals surface area contributed by atoms with Crippen molar-refractivity contribution in [1.29, 1.82) is 0 Å². The molecule has 88 valence electrons. The number of pyridine rings is 1. The van der Waals surface area contributed by atoms with Crippen LogP contribution in [0.15, 0.2) is 41.0 Å². The number of halogens is 2. The zero-order valence-electron chi connectivity index (χ0n) is 8.65. The van der Waals surface area contributed by atoms with Crippen LogP contribution in [-0.4, -0.2) is 4.98 Å². The minimum Gasteiger partial charge on any atom is -0.456 e. The van der Waals surface area contributed by atoms with Crippen LogP contribution in [0.25, 0.3) is 0 Å². The van der Waals surface area contributed by atoms with E-state index in [2.05, 4.69) is 26.3 Å². The van der Waals surface area contributed by atoms with E-state index in [-0.39, 0.29) is 0 Å². The molecule has 0 spiro atoms. The van der Waals surface area contributed by atoms with E-state index in [9.17, 15) is 0 Å². The van der Waals surface area contributed by atoms with E-state index in [1.807, 2.05) is 6.07 Å². The molecule has 3 N–H and O–H groups in total. The van der Waals surface area contributed by atoms with Crippen LogP contribution in [-0.2, 0) is 0 Å². The number of nitrogens with zero attached hydrogens (tertiary/aromatic N) is 1. The second-order valence-corrected chi connectivity index (χ2v) is 4.52. The molecule has 0 unspecified atom stereocenters. The fourth-order valence-corrected chi connectivity index (χ4v) is 1.73. The number of anilines is 1. The minimum atomic E-state index is 0.522. The third-order valence-electron chi connectivity index (χ3n) is 2.00. The molecule has 2 aromatic rings. The minimum absolute atomic E-state index is 0.522. The topological polar surface area (TPSA) is 60.2 Å². The van der Waals surface area contributed by atoms with Crippen LogP contribution in [0.3, 0.4) is 0 Å². The Labute approximate surface area is 112 Å². The molecule has 4 nitrogen and oxygen atoms in total. The molecule has 0 fully saturated rings. The van der Waals surface area contributed by atoms with Crippen molar-refractivity contribution in [1.82, 2.24) is 4.98 Å². The van der Waals surface area contributed by atoms with Gasteiger partial charge in [-0.15, -0.1) is 0 Å². The molecule has 0 radical (unpaired) electrons. The fraction of sp³-hybridized carbons (Fsp3) is 0. The SMILES string of the molecule is NNc1cc(Oc2cc(Br)ccc2Cl)ccn1. The van der Waals surface area contributed by atoms with Crippen LogP contribution in [0.2, 0.25) is 5.02 Å². The molecule has 0 atom stereocenters. The van der Waals surface area contributed by atoms with Crippen molar-refractivity contribution in [2.24, 2.45) is 5.84 Å². The second kappa shape index (κ2) is 5.35. The Hall–Kier alpha value is -1.30. The smallest absolute Gasteiger partial charge is 0.147 e. The molecular formula is C11H9BrClN3O. The van der Waals surface area contributed by atoms with Gasteiger partial charge in [-0.2, -0.15) is 0 Å². The Bertz CT molecular complexity index is 536. The summed E-state index contributed by atoms with van der Waals surface area (Å²) in [7, 11) is 0. The average molecular weight is 315 g/mol. The van der Waals surface area contributed by atoms with Crippen LogP contribution in [0, 0.1) is 0 Å². The van der Waals surface area contributed by atoms with E-state index in [0.29, 0.717) is 22.3 Å². The molecular weight excluding hydrogens is 305 g/mol. The molecule has 17 heavy (non-hydrogen) atoms. The van der Waals surface area contributed by atoms with Gasteiger partial charge in [-0.05, 0) is 24.3 Å². The monoisotopic (exact) mass is 313 g/mol. The number of nitrogens with one attached hydrogen (secondary N) is 1. The van der Waals surface area contributed by atoms with Crippen LogP contribution in [0.4, 0.5) is 5.82 Å². The Kier molecular flexibility index (Phi) is 3.83. The normalized spacial score (nSPS) is 10.1. The number of rotatable bonds is 3. The predicted octanol–water partition coefficient (Wildman–Crippen LogP) is 3.58. The summed E-state index contributed by atoms with van der Waals surface area (Å²) in [6.45, 7) is 0. The number of ether oxygens (including phenoxy) is 1. The van der Waals surface area contributed by atoms with E-state index in [0.717, 1.165) is 4.47 Å². The summed E-state index contributed by atoms with van der Waals surface area (Å²) in [6.07, 6.45) is 1.59. The number of hydrogen-bond donors (Lipinski definition) is 2. The van der Waals surface area contributed by atoms with Crippen LogP contribution in [0.1, 0.15) is 0 Å². The first-order valence-corrected chi connectivity index (χ1v) is 5.92. The summed E-state index contributed by atoms with van der Waals surface area (Å²) in [5, 5.41) is 0.535. The molecule has 0 aliphatic heterocycles. The lowest BCUT2D eigenvalue weighted by Crippen LogP contribution is -2.08. The Balaban J connectivity index is 2.27. The third kappa shape index (κ3) is 3.09. The maximum absolute atomic E-state index is 6.02. The molecule has 1 aromatic heterocycles. The molecule has 2 rings (SSSR count). The van der Waals surface area contributed by atoms with Crippen molar-refractivity contribution in [3.05, 3.63) is 46.0 Å². The van der Waals surface area contributed by atoms with E-state index in [1.54, 1.807) is 30.5 Å². The number of nitrogen functional groups attached to an aromatic ring is 1. The summed E-state index contributed by atoms with van der Waals surface area (Å²) >= 11 is 9.37. The lowest BCUT2D eigenvalue weighted by Gasteiger charge is -2.08. The van der Waals surface area contributed by atoms with E-state index in [4.69, 9.17) is 22.2 Å². The molecule has 0 saturated heterocycles. The highest BCUT2D eigenvalue weighted by molar-refractivity contribution is 9.10. The number of hydrogen-bond acceptors (Lipinski definition) is 4. The summed E-state index contributed by atoms with van der Waals surface area (Å²) in [5.41, 5.74) is 2.45. The maximum atomic E-state index is 6.02. The van der Waals surface area contributed by atoms with Crippen molar-refractivity contribution >= 4 is 33.3 Å². The summed E-state index contributed by atoms with van der Waals surface area (Å²) in [5.74, 6) is 6.96. The van der Waals surface area contributed by atoms with E-state index >= 15 is 0 Å². The zero-order chi connectivity index (χ0) is 12.3. The molecule has 0 aliphatic rings. The Morgan fingerprint density at radius 1 is 1.29 bits per heavy atom. The van der Waals surface area contributed by atoms with Gasteiger partial charge in [0.1, 0.15) is 17.3 Å². The van der Waals surface area contributed by atoms with Crippen LogP contribution < -0.4 is 16.0 Å². The number of hydrazine groups is 1. The van der Waals surface area contributed by atoms with Crippen molar-refractivity contribution in [2.75, 3.05) is 5.43 Å². The summed E-state index contributed by atoms with van der Waals surface area (Å²) in [4.78, 5) is 3.98. The molecule has 0 aliphatic carbocycles. The first kappa shape index (κ1) is 12.2. The maximum Gasteiger partial charge on any atom is 0.147 e. The highest BCUT2D eigenvalue weighted by Crippen LogP contribution is 2.32. The zero-order valence-corrected chi connectivity index (χ0v) is 11.0. The van der Waals surface area contributed by atoms with E-state index < -0.39 is 0 Å². The average Bonchev–Trinajstić information content (AvgIpc) is 2.34. The predicted molar refractivity (Wildman–Crippen MR) is 71.3 cm³/mol. The lowest BCUT2D eigenvalue weighted by molar-refractivity contribution is 0.482. The first-order chi connectivity index (χ1) is 8.19. The fourth-order valence-electron chi connectivity index (χ4n) is 1.24. The van der Waals surface area contributed by atoms with Gasteiger partial charge in [0.25, 0.3) is 0 Å². The molecule has 1 heterocycles.